The molecule has 1 rings (SSSR count). The highest BCUT2D eigenvalue weighted by Gasteiger charge is 2.21. The van der Waals surface area contributed by atoms with Gasteiger partial charge in [0.2, 0.25) is 0 Å². The number of sulfone groups is 1. The lowest BCUT2D eigenvalue weighted by atomic mass is 10.2. The molecule has 0 spiro atoms. The summed E-state index contributed by atoms with van der Waals surface area (Å²) in [5.41, 5.74) is -0.582. The minimum Gasteiger partial charge on any atom is -0.478 e. The van der Waals surface area contributed by atoms with Gasteiger partial charge in [0, 0.05) is 6.42 Å². The molecule has 102 valence electrons. The smallest absolute Gasteiger partial charge is 0.337 e. The van der Waals surface area contributed by atoms with Crippen LogP contribution in [0.15, 0.2) is 17.0 Å². The van der Waals surface area contributed by atoms with E-state index in [2.05, 4.69) is 11.8 Å². The molecule has 4 nitrogen and oxygen atoms in total. The first-order chi connectivity index (χ1) is 8.79. The van der Waals surface area contributed by atoms with E-state index in [1.165, 1.54) is 0 Å². The van der Waals surface area contributed by atoms with Crippen molar-refractivity contribution in [1.82, 2.24) is 0 Å². The molecule has 19 heavy (non-hydrogen) atoms. The van der Waals surface area contributed by atoms with Crippen LogP contribution >= 0.6 is 11.6 Å². The Balaban J connectivity index is 3.27. The normalized spacial score (nSPS) is 10.7. The lowest BCUT2D eigenvalue weighted by Gasteiger charge is -2.06. The maximum absolute atomic E-state index is 13.4. The summed E-state index contributed by atoms with van der Waals surface area (Å²) < 4.78 is 37.2. The Kier molecular flexibility index (Phi) is 4.92. The molecule has 1 aromatic carbocycles. The lowest BCUT2D eigenvalue weighted by Crippen LogP contribution is -2.09. The molecule has 0 saturated carbocycles. The number of halogens is 2. The fourth-order valence-corrected chi connectivity index (χ4v) is 2.70. The zero-order valence-electron chi connectivity index (χ0n) is 9.91. The monoisotopic (exact) mass is 304 g/mol. The Morgan fingerprint density at radius 2 is 2.11 bits per heavy atom. The van der Waals surface area contributed by atoms with Crippen molar-refractivity contribution in [2.24, 2.45) is 0 Å². The van der Waals surface area contributed by atoms with Gasteiger partial charge in [-0.1, -0.05) is 11.6 Å². The second-order valence-corrected chi connectivity index (χ2v) is 6.05. The van der Waals surface area contributed by atoms with Gasteiger partial charge in [-0.3, -0.25) is 0 Å². The molecule has 0 unspecified atom stereocenters. The van der Waals surface area contributed by atoms with Gasteiger partial charge < -0.3 is 5.11 Å². The molecular formula is C12H10ClFO4S. The summed E-state index contributed by atoms with van der Waals surface area (Å²) >= 11 is 5.46. The van der Waals surface area contributed by atoms with E-state index >= 15 is 0 Å². The topological polar surface area (TPSA) is 71.4 Å². The van der Waals surface area contributed by atoms with Crippen molar-refractivity contribution in [2.45, 2.75) is 18.2 Å². The van der Waals surface area contributed by atoms with E-state index in [-0.39, 0.29) is 12.2 Å². The molecule has 0 saturated heterocycles. The predicted octanol–water partition coefficient (Wildman–Crippen LogP) is 2.36. The summed E-state index contributed by atoms with van der Waals surface area (Å²) in [7, 11) is -3.79. The fourth-order valence-electron chi connectivity index (χ4n) is 1.33. The molecule has 0 aliphatic carbocycles. The van der Waals surface area contributed by atoms with E-state index in [0.717, 1.165) is 6.07 Å². The molecule has 1 aromatic rings. The van der Waals surface area contributed by atoms with Gasteiger partial charge in [0.15, 0.2) is 9.84 Å². The second-order valence-electron chi connectivity index (χ2n) is 3.57. The third kappa shape index (κ3) is 3.69. The van der Waals surface area contributed by atoms with Crippen LogP contribution in [0.4, 0.5) is 4.39 Å². The van der Waals surface area contributed by atoms with Gasteiger partial charge in [-0.05, 0) is 19.1 Å². The van der Waals surface area contributed by atoms with Crippen molar-refractivity contribution in [3.8, 4) is 11.8 Å². The van der Waals surface area contributed by atoms with Crippen LogP contribution in [0.3, 0.4) is 0 Å². The molecule has 0 aliphatic heterocycles. The molecule has 1 N–H and O–H groups in total. The number of hydrogen-bond donors (Lipinski definition) is 1. The van der Waals surface area contributed by atoms with Gasteiger partial charge in [0.1, 0.15) is 5.82 Å². The predicted molar refractivity (Wildman–Crippen MR) is 68.5 cm³/mol. The Morgan fingerprint density at radius 1 is 1.47 bits per heavy atom. The molecule has 0 atom stereocenters. The van der Waals surface area contributed by atoms with Gasteiger partial charge in [-0.2, -0.15) is 0 Å². The van der Waals surface area contributed by atoms with E-state index in [0.29, 0.717) is 6.07 Å². The van der Waals surface area contributed by atoms with Gasteiger partial charge >= 0.3 is 5.97 Å². The summed E-state index contributed by atoms with van der Waals surface area (Å²) in [6, 6.07) is 1.56. The molecule has 0 bridgehead atoms. The molecule has 0 heterocycles. The molecule has 0 aromatic heterocycles. The molecule has 0 radical (unpaired) electrons. The third-order valence-corrected chi connectivity index (χ3v) is 4.34. The molecule has 0 fully saturated rings. The summed E-state index contributed by atoms with van der Waals surface area (Å²) in [5.74, 6) is 2.23. The van der Waals surface area contributed by atoms with Crippen molar-refractivity contribution in [3.05, 3.63) is 28.5 Å². The lowest BCUT2D eigenvalue weighted by molar-refractivity contribution is 0.0696. The van der Waals surface area contributed by atoms with Crippen molar-refractivity contribution >= 4 is 27.4 Å². The van der Waals surface area contributed by atoms with Gasteiger partial charge in [-0.25, -0.2) is 17.6 Å². The van der Waals surface area contributed by atoms with Crippen LogP contribution in [0, 0.1) is 17.7 Å². The van der Waals surface area contributed by atoms with Gasteiger partial charge in [0.05, 0.1) is 21.2 Å². The Bertz CT molecular complexity index is 671. The van der Waals surface area contributed by atoms with E-state index < -0.39 is 37.1 Å². The van der Waals surface area contributed by atoms with E-state index in [4.69, 9.17) is 16.7 Å². The zero-order chi connectivity index (χ0) is 14.6. The van der Waals surface area contributed by atoms with Crippen molar-refractivity contribution < 1.29 is 22.7 Å². The summed E-state index contributed by atoms with van der Waals surface area (Å²) in [6.07, 6.45) is 0.0888. The standard InChI is InChI=1S/C12H10ClFO4S/c1-2-3-4-5-19(17,18)8-6-9(12(15)16)11(13)10(14)7-8/h6-7H,4-5H2,1H3,(H,15,16). The minimum atomic E-state index is -3.79. The van der Waals surface area contributed by atoms with Crippen molar-refractivity contribution in [1.29, 1.82) is 0 Å². The number of rotatable bonds is 4. The van der Waals surface area contributed by atoms with Crippen LogP contribution in [-0.2, 0) is 9.84 Å². The van der Waals surface area contributed by atoms with Crippen LogP contribution in [0.2, 0.25) is 5.02 Å². The largest absolute Gasteiger partial charge is 0.478 e. The Morgan fingerprint density at radius 3 is 2.63 bits per heavy atom. The van der Waals surface area contributed by atoms with E-state index in [1.807, 2.05) is 0 Å². The molecule has 0 aliphatic rings. The highest BCUT2D eigenvalue weighted by atomic mass is 35.5. The van der Waals surface area contributed by atoms with Crippen molar-refractivity contribution in [2.75, 3.05) is 5.75 Å². The highest BCUT2D eigenvalue weighted by Crippen LogP contribution is 2.25. The summed E-state index contributed by atoms with van der Waals surface area (Å²) in [4.78, 5) is 10.4. The fraction of sp³-hybridized carbons (Fsp3) is 0.250. The quantitative estimate of drug-likeness (QED) is 0.867. The summed E-state index contributed by atoms with van der Waals surface area (Å²) in [5, 5.41) is 8.21. The van der Waals surface area contributed by atoms with Gasteiger partial charge in [-0.15, -0.1) is 11.8 Å². The first-order valence-electron chi connectivity index (χ1n) is 5.14. The number of carboxylic acid groups (broad SMARTS) is 1. The van der Waals surface area contributed by atoms with Crippen LogP contribution in [0.1, 0.15) is 23.7 Å². The van der Waals surface area contributed by atoms with E-state index in [9.17, 15) is 17.6 Å². The SMILES string of the molecule is CC#CCCS(=O)(=O)c1cc(F)c(Cl)c(C(=O)O)c1. The minimum absolute atomic E-state index is 0.0888. The molecular weight excluding hydrogens is 295 g/mol. The van der Waals surface area contributed by atoms with Crippen LogP contribution in [-0.4, -0.2) is 25.2 Å². The average Bonchev–Trinajstić information content (AvgIpc) is 2.32. The van der Waals surface area contributed by atoms with Gasteiger partial charge in [0.25, 0.3) is 0 Å². The summed E-state index contributed by atoms with van der Waals surface area (Å²) in [6.45, 7) is 1.57. The maximum Gasteiger partial charge on any atom is 0.337 e. The van der Waals surface area contributed by atoms with Crippen LogP contribution in [0.25, 0.3) is 0 Å². The zero-order valence-corrected chi connectivity index (χ0v) is 11.5. The third-order valence-electron chi connectivity index (χ3n) is 2.26. The number of benzene rings is 1. The number of hydrogen-bond acceptors (Lipinski definition) is 3. The maximum atomic E-state index is 13.4. The van der Waals surface area contributed by atoms with Crippen LogP contribution < -0.4 is 0 Å². The van der Waals surface area contributed by atoms with Crippen LogP contribution in [0.5, 0.6) is 0 Å². The molecule has 0 amide bonds. The van der Waals surface area contributed by atoms with E-state index in [1.54, 1.807) is 6.92 Å². The first-order valence-corrected chi connectivity index (χ1v) is 7.17. The Labute approximate surface area is 115 Å². The van der Waals surface area contributed by atoms with Crippen molar-refractivity contribution in [3.63, 3.8) is 0 Å². The Hall–Kier alpha value is -1.58. The number of carbonyl (C=O) groups is 1. The highest BCUT2D eigenvalue weighted by molar-refractivity contribution is 7.91. The number of aromatic carboxylic acids is 1. The second kappa shape index (κ2) is 6.04. The molecule has 7 heteroatoms. The number of carboxylic acids is 1. The average molecular weight is 305 g/mol. The first kappa shape index (κ1) is 15.5.